The Morgan fingerprint density at radius 2 is 1.19 bits per heavy atom. The van der Waals surface area contributed by atoms with E-state index in [1.54, 1.807) is 28.0 Å². The summed E-state index contributed by atoms with van der Waals surface area (Å²) in [5, 5.41) is 11.9. The number of carbonyl (C=O) groups is 2. The van der Waals surface area contributed by atoms with Crippen LogP contribution in [0.2, 0.25) is 0 Å². The maximum absolute atomic E-state index is 13.0. The molecule has 3 aromatic carbocycles. The third-order valence-corrected chi connectivity index (χ3v) is 5.01. The Labute approximate surface area is 157 Å². The fourth-order valence-corrected chi connectivity index (χ4v) is 3.52. The number of hydrogen-bond acceptors (Lipinski definition) is 3. The third kappa shape index (κ3) is 3.24. The number of amides is 2. The predicted molar refractivity (Wildman–Crippen MR) is 104 cm³/mol. The Morgan fingerprint density at radius 3 is 1.89 bits per heavy atom. The van der Waals surface area contributed by atoms with Gasteiger partial charge in [0.15, 0.2) is 0 Å². The number of hydrogen-bond donors (Lipinski definition) is 1. The lowest BCUT2D eigenvalue weighted by atomic mass is 10.0. The van der Waals surface area contributed by atoms with E-state index < -0.39 is 0 Å². The molecule has 2 amide bonds. The molecule has 0 saturated carbocycles. The van der Waals surface area contributed by atoms with Crippen LogP contribution in [0.25, 0.3) is 10.8 Å². The fourth-order valence-electron chi connectivity index (χ4n) is 3.52. The summed E-state index contributed by atoms with van der Waals surface area (Å²) in [6.45, 7) is 1.84. The molecule has 4 rings (SSSR count). The molecule has 0 spiro atoms. The zero-order chi connectivity index (χ0) is 18.8. The molecular formula is C22H20N2O3. The van der Waals surface area contributed by atoms with Crippen LogP contribution in [0.3, 0.4) is 0 Å². The molecule has 1 heterocycles. The second-order valence-corrected chi connectivity index (χ2v) is 6.63. The highest BCUT2D eigenvalue weighted by molar-refractivity contribution is 6.07. The van der Waals surface area contributed by atoms with Crippen LogP contribution in [0.15, 0.2) is 66.7 Å². The van der Waals surface area contributed by atoms with Gasteiger partial charge >= 0.3 is 0 Å². The largest absolute Gasteiger partial charge is 0.507 e. The predicted octanol–water partition coefficient (Wildman–Crippen LogP) is 3.14. The number of nitrogens with zero attached hydrogens (tertiary/aromatic N) is 2. The van der Waals surface area contributed by atoms with E-state index >= 15 is 0 Å². The SMILES string of the molecule is O=C(c1ccccc1O)N1CCN(C(=O)c2cccc3ccccc23)CC1. The molecule has 0 aromatic heterocycles. The van der Waals surface area contributed by atoms with E-state index in [1.165, 1.54) is 6.07 Å². The van der Waals surface area contributed by atoms with Gasteiger partial charge in [-0.2, -0.15) is 0 Å². The second kappa shape index (κ2) is 7.11. The molecular weight excluding hydrogens is 340 g/mol. The molecule has 1 N–H and O–H groups in total. The van der Waals surface area contributed by atoms with Gasteiger partial charge in [0.05, 0.1) is 5.56 Å². The number of aromatic hydroxyl groups is 1. The van der Waals surface area contributed by atoms with Crippen molar-refractivity contribution in [1.29, 1.82) is 0 Å². The van der Waals surface area contributed by atoms with Crippen LogP contribution in [0, 0.1) is 0 Å². The van der Waals surface area contributed by atoms with Gasteiger partial charge in [0.2, 0.25) is 0 Å². The molecule has 136 valence electrons. The Balaban J connectivity index is 1.48. The van der Waals surface area contributed by atoms with Crippen LogP contribution >= 0.6 is 0 Å². The molecule has 0 bridgehead atoms. The number of rotatable bonds is 2. The lowest BCUT2D eigenvalue weighted by molar-refractivity contribution is 0.0534. The van der Waals surface area contributed by atoms with Crippen molar-refractivity contribution < 1.29 is 14.7 Å². The van der Waals surface area contributed by atoms with Crippen LogP contribution in [-0.4, -0.2) is 52.9 Å². The van der Waals surface area contributed by atoms with E-state index in [2.05, 4.69) is 0 Å². The Hall–Kier alpha value is -3.34. The van der Waals surface area contributed by atoms with Gasteiger partial charge in [-0.25, -0.2) is 0 Å². The fraction of sp³-hybridized carbons (Fsp3) is 0.182. The molecule has 0 radical (unpaired) electrons. The summed E-state index contributed by atoms with van der Waals surface area (Å²) in [5.74, 6) is -0.233. The first-order valence-electron chi connectivity index (χ1n) is 8.99. The number of fused-ring (bicyclic) bond motifs is 1. The van der Waals surface area contributed by atoms with Crippen molar-refractivity contribution in [2.45, 2.75) is 0 Å². The summed E-state index contributed by atoms with van der Waals surface area (Å²) >= 11 is 0. The lowest BCUT2D eigenvalue weighted by Crippen LogP contribution is -2.50. The van der Waals surface area contributed by atoms with Crippen molar-refractivity contribution in [2.24, 2.45) is 0 Å². The van der Waals surface area contributed by atoms with E-state index in [0.717, 1.165) is 10.8 Å². The number of para-hydroxylation sites is 1. The number of benzene rings is 3. The topological polar surface area (TPSA) is 60.9 Å². The normalized spacial score (nSPS) is 14.4. The average molecular weight is 360 g/mol. The average Bonchev–Trinajstić information content (AvgIpc) is 2.73. The van der Waals surface area contributed by atoms with Crippen molar-refractivity contribution >= 4 is 22.6 Å². The second-order valence-electron chi connectivity index (χ2n) is 6.63. The number of phenolic OH excluding ortho intramolecular Hbond substituents is 1. The highest BCUT2D eigenvalue weighted by Crippen LogP contribution is 2.22. The van der Waals surface area contributed by atoms with Crippen LogP contribution in [0.4, 0.5) is 0 Å². The molecule has 1 aliphatic heterocycles. The van der Waals surface area contributed by atoms with Crippen LogP contribution in [0.5, 0.6) is 5.75 Å². The summed E-state index contributed by atoms with van der Waals surface area (Å²) in [4.78, 5) is 29.1. The number of phenols is 1. The van der Waals surface area contributed by atoms with Gasteiger partial charge in [-0.05, 0) is 29.0 Å². The van der Waals surface area contributed by atoms with Gasteiger partial charge in [-0.3, -0.25) is 9.59 Å². The van der Waals surface area contributed by atoms with Gasteiger partial charge < -0.3 is 14.9 Å². The maximum Gasteiger partial charge on any atom is 0.257 e. The standard InChI is InChI=1S/C22H20N2O3/c25-20-11-4-3-9-19(20)22(27)24-14-12-23(13-15-24)21(26)18-10-5-7-16-6-1-2-8-17(16)18/h1-11,25H,12-15H2. The maximum atomic E-state index is 13.0. The van der Waals surface area contributed by atoms with Crippen molar-refractivity contribution in [3.8, 4) is 5.75 Å². The zero-order valence-electron chi connectivity index (χ0n) is 14.8. The van der Waals surface area contributed by atoms with E-state index in [0.29, 0.717) is 37.3 Å². The Kier molecular flexibility index (Phi) is 4.50. The Morgan fingerprint density at radius 1 is 0.667 bits per heavy atom. The first kappa shape index (κ1) is 17.1. The zero-order valence-corrected chi connectivity index (χ0v) is 14.8. The molecule has 5 heteroatoms. The highest BCUT2D eigenvalue weighted by atomic mass is 16.3. The minimum atomic E-state index is -0.203. The molecule has 0 aliphatic carbocycles. The van der Waals surface area contributed by atoms with E-state index in [1.807, 2.05) is 42.5 Å². The third-order valence-electron chi connectivity index (χ3n) is 5.01. The quantitative estimate of drug-likeness (QED) is 0.764. The van der Waals surface area contributed by atoms with Gasteiger partial charge in [-0.1, -0.05) is 48.5 Å². The van der Waals surface area contributed by atoms with Crippen molar-refractivity contribution in [1.82, 2.24) is 9.80 Å². The Bertz CT molecular complexity index is 1000. The summed E-state index contributed by atoms with van der Waals surface area (Å²) in [6, 6.07) is 20.1. The first-order chi connectivity index (χ1) is 13.1. The first-order valence-corrected chi connectivity index (χ1v) is 8.99. The smallest absolute Gasteiger partial charge is 0.257 e. The van der Waals surface area contributed by atoms with E-state index in [-0.39, 0.29) is 17.6 Å². The van der Waals surface area contributed by atoms with Gasteiger partial charge in [-0.15, -0.1) is 0 Å². The molecule has 5 nitrogen and oxygen atoms in total. The minimum Gasteiger partial charge on any atom is -0.507 e. The molecule has 0 unspecified atom stereocenters. The molecule has 1 fully saturated rings. The monoisotopic (exact) mass is 360 g/mol. The van der Waals surface area contributed by atoms with Gasteiger partial charge in [0.25, 0.3) is 11.8 Å². The number of carbonyl (C=O) groups excluding carboxylic acids is 2. The van der Waals surface area contributed by atoms with Crippen LogP contribution < -0.4 is 0 Å². The molecule has 1 aliphatic rings. The minimum absolute atomic E-state index is 0.0125. The van der Waals surface area contributed by atoms with Gasteiger partial charge in [0, 0.05) is 31.7 Å². The summed E-state index contributed by atoms with van der Waals surface area (Å²) in [6.07, 6.45) is 0. The highest BCUT2D eigenvalue weighted by Gasteiger charge is 2.27. The van der Waals surface area contributed by atoms with Crippen molar-refractivity contribution in [2.75, 3.05) is 26.2 Å². The van der Waals surface area contributed by atoms with Crippen LogP contribution in [-0.2, 0) is 0 Å². The van der Waals surface area contributed by atoms with Crippen molar-refractivity contribution in [3.05, 3.63) is 77.9 Å². The molecule has 3 aromatic rings. The number of piperazine rings is 1. The van der Waals surface area contributed by atoms with Gasteiger partial charge in [0.1, 0.15) is 5.75 Å². The lowest BCUT2D eigenvalue weighted by Gasteiger charge is -2.35. The molecule has 0 atom stereocenters. The molecule has 27 heavy (non-hydrogen) atoms. The van der Waals surface area contributed by atoms with E-state index in [9.17, 15) is 14.7 Å². The summed E-state index contributed by atoms with van der Waals surface area (Å²) in [5.41, 5.74) is 0.986. The van der Waals surface area contributed by atoms with Crippen LogP contribution in [0.1, 0.15) is 20.7 Å². The van der Waals surface area contributed by atoms with E-state index in [4.69, 9.17) is 0 Å². The summed E-state index contributed by atoms with van der Waals surface area (Å²) in [7, 11) is 0. The summed E-state index contributed by atoms with van der Waals surface area (Å²) < 4.78 is 0. The van der Waals surface area contributed by atoms with Crippen molar-refractivity contribution in [3.63, 3.8) is 0 Å². The molecule has 1 saturated heterocycles.